The number of nitrogens with zero attached hydrogens (tertiary/aromatic N) is 2. The Kier molecular flexibility index (Phi) is 6.82. The first kappa shape index (κ1) is 21.2. The molecule has 2 heterocycles. The molecule has 4 rings (SSSR count). The van der Waals surface area contributed by atoms with E-state index in [4.69, 9.17) is 8.83 Å². The van der Waals surface area contributed by atoms with Gasteiger partial charge in [0.2, 0.25) is 0 Å². The van der Waals surface area contributed by atoms with Crippen molar-refractivity contribution < 1.29 is 18.4 Å². The molecular formula is C26H24N2O4. The first-order valence-corrected chi connectivity index (χ1v) is 10.4. The van der Waals surface area contributed by atoms with Crippen molar-refractivity contribution in [3.63, 3.8) is 0 Å². The van der Waals surface area contributed by atoms with Crippen molar-refractivity contribution >= 4 is 11.8 Å². The van der Waals surface area contributed by atoms with Crippen LogP contribution >= 0.6 is 0 Å². The molecule has 6 nitrogen and oxygen atoms in total. The number of carbonyl (C=O) groups excluding carboxylic acids is 2. The number of rotatable bonds is 9. The summed E-state index contributed by atoms with van der Waals surface area (Å²) >= 11 is 0. The van der Waals surface area contributed by atoms with E-state index in [1.807, 2.05) is 60.7 Å². The number of amides is 2. The maximum absolute atomic E-state index is 13.1. The zero-order valence-corrected chi connectivity index (χ0v) is 17.6. The van der Waals surface area contributed by atoms with E-state index >= 15 is 0 Å². The smallest absolute Gasteiger partial charge is 0.289 e. The highest BCUT2D eigenvalue weighted by molar-refractivity contribution is 5.92. The van der Waals surface area contributed by atoms with Gasteiger partial charge < -0.3 is 18.6 Å². The molecule has 162 valence electrons. The minimum atomic E-state index is -0.219. The third-order valence-corrected chi connectivity index (χ3v) is 5.11. The summed E-state index contributed by atoms with van der Waals surface area (Å²) < 4.78 is 10.7. The van der Waals surface area contributed by atoms with Crippen LogP contribution in [0.3, 0.4) is 0 Å². The Hall–Kier alpha value is -4.06. The van der Waals surface area contributed by atoms with Crippen molar-refractivity contribution in [1.29, 1.82) is 0 Å². The van der Waals surface area contributed by atoms with Gasteiger partial charge in [-0.15, -0.1) is 0 Å². The Morgan fingerprint density at radius 1 is 0.562 bits per heavy atom. The minimum absolute atomic E-state index is 0.219. The van der Waals surface area contributed by atoms with Gasteiger partial charge in [0.05, 0.1) is 12.5 Å². The van der Waals surface area contributed by atoms with E-state index in [2.05, 4.69) is 0 Å². The van der Waals surface area contributed by atoms with Crippen LogP contribution in [-0.2, 0) is 13.1 Å². The first-order valence-electron chi connectivity index (χ1n) is 10.4. The molecule has 0 atom stereocenters. The second-order valence-corrected chi connectivity index (χ2v) is 7.38. The van der Waals surface area contributed by atoms with E-state index in [-0.39, 0.29) is 23.3 Å². The average molecular weight is 428 g/mol. The molecule has 2 aromatic carbocycles. The van der Waals surface area contributed by atoms with Gasteiger partial charge in [-0.3, -0.25) is 9.59 Å². The number of furan rings is 2. The molecule has 0 radical (unpaired) electrons. The van der Waals surface area contributed by atoms with E-state index in [9.17, 15) is 9.59 Å². The molecule has 0 N–H and O–H groups in total. The summed E-state index contributed by atoms with van der Waals surface area (Å²) in [5.74, 6) is 0.105. The van der Waals surface area contributed by atoms with Gasteiger partial charge in [0.25, 0.3) is 11.8 Å². The zero-order valence-electron chi connectivity index (χ0n) is 17.6. The summed E-state index contributed by atoms with van der Waals surface area (Å²) in [4.78, 5) is 29.6. The standard InChI is InChI=1S/C26H24N2O4/c29-25(23-13-7-17-31-23)27(19-21-9-3-1-4-10-21)15-16-28(20-22-11-5-2-6-12-22)26(30)24-14-8-18-32-24/h1-14,17-18H,15-16,19-20H2. The van der Waals surface area contributed by atoms with Crippen molar-refractivity contribution in [3.05, 3.63) is 120 Å². The lowest BCUT2D eigenvalue weighted by molar-refractivity contribution is 0.0612. The van der Waals surface area contributed by atoms with Crippen molar-refractivity contribution in [2.45, 2.75) is 13.1 Å². The monoisotopic (exact) mass is 428 g/mol. The summed E-state index contributed by atoms with van der Waals surface area (Å²) in [5, 5.41) is 0. The predicted octanol–water partition coefficient (Wildman–Crippen LogP) is 4.86. The number of benzene rings is 2. The maximum Gasteiger partial charge on any atom is 0.289 e. The fourth-order valence-electron chi connectivity index (χ4n) is 3.47. The molecule has 0 bridgehead atoms. The largest absolute Gasteiger partial charge is 0.459 e. The number of hydrogen-bond donors (Lipinski definition) is 0. The lowest BCUT2D eigenvalue weighted by Crippen LogP contribution is -2.40. The van der Waals surface area contributed by atoms with Gasteiger partial charge in [-0.2, -0.15) is 0 Å². The summed E-state index contributed by atoms with van der Waals surface area (Å²) in [7, 11) is 0. The summed E-state index contributed by atoms with van der Waals surface area (Å²) in [5.41, 5.74) is 2.00. The molecule has 0 unspecified atom stereocenters. The summed E-state index contributed by atoms with van der Waals surface area (Å²) in [6, 6.07) is 26.2. The third kappa shape index (κ3) is 5.35. The topological polar surface area (TPSA) is 66.9 Å². The molecule has 0 saturated carbocycles. The van der Waals surface area contributed by atoms with Gasteiger partial charge in [-0.25, -0.2) is 0 Å². The minimum Gasteiger partial charge on any atom is -0.459 e. The normalized spacial score (nSPS) is 10.6. The first-order chi connectivity index (χ1) is 15.7. The zero-order chi connectivity index (χ0) is 22.2. The summed E-state index contributed by atoms with van der Waals surface area (Å²) in [6.45, 7) is 1.50. The summed E-state index contributed by atoms with van der Waals surface area (Å²) in [6.07, 6.45) is 2.96. The van der Waals surface area contributed by atoms with Crippen molar-refractivity contribution in [3.8, 4) is 0 Å². The van der Waals surface area contributed by atoms with Crippen LogP contribution in [-0.4, -0.2) is 34.7 Å². The van der Waals surface area contributed by atoms with Crippen LogP contribution in [0.5, 0.6) is 0 Å². The van der Waals surface area contributed by atoms with Crippen LogP contribution in [0.15, 0.2) is 106 Å². The van der Waals surface area contributed by atoms with Crippen LogP contribution in [0.4, 0.5) is 0 Å². The van der Waals surface area contributed by atoms with E-state index in [0.29, 0.717) is 26.2 Å². The lowest BCUT2D eigenvalue weighted by atomic mass is 10.2. The van der Waals surface area contributed by atoms with E-state index in [1.54, 1.807) is 34.1 Å². The molecule has 0 aliphatic heterocycles. The van der Waals surface area contributed by atoms with Crippen molar-refractivity contribution in [1.82, 2.24) is 9.80 Å². The Labute approximate surface area is 186 Å². The fraction of sp³-hybridized carbons (Fsp3) is 0.154. The Bertz CT molecular complexity index is 1020. The highest BCUT2D eigenvalue weighted by Crippen LogP contribution is 2.14. The molecule has 32 heavy (non-hydrogen) atoms. The van der Waals surface area contributed by atoms with Gasteiger partial charge in [-0.1, -0.05) is 60.7 Å². The van der Waals surface area contributed by atoms with Crippen LogP contribution in [0.1, 0.15) is 32.2 Å². The molecule has 2 aromatic heterocycles. The Morgan fingerprint density at radius 3 is 1.31 bits per heavy atom. The highest BCUT2D eigenvalue weighted by Gasteiger charge is 2.23. The van der Waals surface area contributed by atoms with Crippen molar-refractivity contribution in [2.75, 3.05) is 13.1 Å². The molecule has 0 spiro atoms. The third-order valence-electron chi connectivity index (χ3n) is 5.11. The van der Waals surface area contributed by atoms with E-state index in [1.165, 1.54) is 12.5 Å². The second kappa shape index (κ2) is 10.3. The predicted molar refractivity (Wildman–Crippen MR) is 120 cm³/mol. The van der Waals surface area contributed by atoms with E-state index < -0.39 is 0 Å². The van der Waals surface area contributed by atoms with Gasteiger partial charge >= 0.3 is 0 Å². The molecule has 0 fully saturated rings. The second-order valence-electron chi connectivity index (χ2n) is 7.38. The Balaban J connectivity index is 1.54. The fourth-order valence-corrected chi connectivity index (χ4v) is 3.47. The van der Waals surface area contributed by atoms with Crippen molar-refractivity contribution in [2.24, 2.45) is 0 Å². The molecule has 0 aliphatic carbocycles. The molecular weight excluding hydrogens is 404 g/mol. The van der Waals surface area contributed by atoms with Gasteiger partial charge in [-0.05, 0) is 35.4 Å². The van der Waals surface area contributed by atoms with Crippen LogP contribution in [0.2, 0.25) is 0 Å². The van der Waals surface area contributed by atoms with Crippen LogP contribution in [0, 0.1) is 0 Å². The Morgan fingerprint density at radius 2 is 0.969 bits per heavy atom. The van der Waals surface area contributed by atoms with Gasteiger partial charge in [0.15, 0.2) is 11.5 Å². The maximum atomic E-state index is 13.1. The molecule has 0 aliphatic rings. The average Bonchev–Trinajstić information content (AvgIpc) is 3.56. The number of hydrogen-bond acceptors (Lipinski definition) is 4. The van der Waals surface area contributed by atoms with Crippen LogP contribution < -0.4 is 0 Å². The van der Waals surface area contributed by atoms with E-state index in [0.717, 1.165) is 11.1 Å². The SMILES string of the molecule is O=C(c1ccco1)N(CCN(Cc1ccccc1)C(=O)c1ccco1)Cc1ccccc1. The van der Waals surface area contributed by atoms with Gasteiger partial charge in [0.1, 0.15) is 0 Å². The van der Waals surface area contributed by atoms with Gasteiger partial charge in [0, 0.05) is 26.2 Å². The lowest BCUT2D eigenvalue weighted by Gasteiger charge is -2.27. The molecule has 2 amide bonds. The van der Waals surface area contributed by atoms with Crippen LogP contribution in [0.25, 0.3) is 0 Å². The molecule has 0 saturated heterocycles. The highest BCUT2D eigenvalue weighted by atomic mass is 16.3. The molecule has 4 aromatic rings. The molecule has 6 heteroatoms. The quantitative estimate of drug-likeness (QED) is 0.382. The number of carbonyl (C=O) groups is 2.